The summed E-state index contributed by atoms with van der Waals surface area (Å²) in [6, 6.07) is 5.10. The quantitative estimate of drug-likeness (QED) is 0.648. The molecular formula is C13H15N3O2S. The Morgan fingerprint density at radius 1 is 1.53 bits per heavy atom. The predicted molar refractivity (Wildman–Crippen MR) is 76.3 cm³/mol. The number of thiazole rings is 1. The summed E-state index contributed by atoms with van der Waals surface area (Å²) in [6.07, 6.45) is 1.81. The molecule has 1 aromatic heterocycles. The van der Waals surface area contributed by atoms with E-state index >= 15 is 0 Å². The topological polar surface area (TPSA) is 77.2 Å². The predicted octanol–water partition coefficient (Wildman–Crippen LogP) is 2.51. The van der Waals surface area contributed by atoms with Crippen molar-refractivity contribution >= 4 is 28.7 Å². The van der Waals surface area contributed by atoms with Crippen molar-refractivity contribution in [1.82, 2.24) is 4.98 Å². The number of nitrogens with one attached hydrogen (secondary N) is 1. The largest absolute Gasteiger partial charge is 0.462 e. The van der Waals surface area contributed by atoms with Gasteiger partial charge in [0.05, 0.1) is 35.6 Å². The third-order valence-corrected chi connectivity index (χ3v) is 3.28. The zero-order valence-electron chi connectivity index (χ0n) is 10.6. The zero-order valence-corrected chi connectivity index (χ0v) is 11.4. The summed E-state index contributed by atoms with van der Waals surface area (Å²) in [6.45, 7) is 2.78. The first-order valence-corrected chi connectivity index (χ1v) is 6.76. The number of hydrogen-bond acceptors (Lipinski definition) is 6. The number of carbonyl (C=O) groups excluding carboxylic acids is 1. The molecule has 0 spiro atoms. The number of benzene rings is 1. The lowest BCUT2D eigenvalue weighted by Crippen LogP contribution is -2.07. The lowest BCUT2D eigenvalue weighted by molar-refractivity contribution is 0.0526. The van der Waals surface area contributed by atoms with Crippen LogP contribution in [0.15, 0.2) is 29.9 Å². The van der Waals surface area contributed by atoms with Crippen LogP contribution in [0, 0.1) is 0 Å². The number of rotatable bonds is 5. The summed E-state index contributed by atoms with van der Waals surface area (Å²) in [5.74, 6) is -0.358. The molecule has 2 rings (SSSR count). The number of hydrogen-bond donors (Lipinski definition) is 2. The van der Waals surface area contributed by atoms with E-state index in [0.717, 1.165) is 10.6 Å². The van der Waals surface area contributed by atoms with Crippen molar-refractivity contribution < 1.29 is 9.53 Å². The van der Waals surface area contributed by atoms with E-state index in [4.69, 9.17) is 10.5 Å². The van der Waals surface area contributed by atoms with Crippen LogP contribution in [0.2, 0.25) is 0 Å². The van der Waals surface area contributed by atoms with E-state index in [0.29, 0.717) is 24.4 Å². The molecule has 0 bridgehead atoms. The van der Waals surface area contributed by atoms with Gasteiger partial charge in [0.15, 0.2) is 0 Å². The van der Waals surface area contributed by atoms with E-state index in [1.54, 1.807) is 48.2 Å². The molecule has 0 atom stereocenters. The van der Waals surface area contributed by atoms with Crippen LogP contribution >= 0.6 is 11.3 Å². The van der Waals surface area contributed by atoms with E-state index in [1.165, 1.54) is 0 Å². The SMILES string of the molecule is CCOC(=O)c1ccc(NCc2cncs2)c(N)c1. The third-order valence-electron chi connectivity index (χ3n) is 2.50. The summed E-state index contributed by atoms with van der Waals surface area (Å²) in [4.78, 5) is 16.7. The van der Waals surface area contributed by atoms with E-state index in [2.05, 4.69) is 10.3 Å². The number of ether oxygens (including phenoxy) is 1. The molecule has 5 nitrogen and oxygen atoms in total. The van der Waals surface area contributed by atoms with Crippen LogP contribution in [-0.2, 0) is 11.3 Å². The highest BCUT2D eigenvalue weighted by molar-refractivity contribution is 7.09. The van der Waals surface area contributed by atoms with E-state index in [9.17, 15) is 4.79 Å². The van der Waals surface area contributed by atoms with Gasteiger partial charge in [0.2, 0.25) is 0 Å². The Balaban J connectivity index is 2.04. The van der Waals surface area contributed by atoms with Crippen LogP contribution in [0.25, 0.3) is 0 Å². The maximum atomic E-state index is 11.5. The maximum Gasteiger partial charge on any atom is 0.338 e. The summed E-state index contributed by atoms with van der Waals surface area (Å²) in [5, 5.41) is 3.21. The minimum absolute atomic E-state index is 0.351. The third kappa shape index (κ3) is 3.45. The molecule has 0 aliphatic heterocycles. The Morgan fingerprint density at radius 2 is 2.37 bits per heavy atom. The van der Waals surface area contributed by atoms with Gasteiger partial charge in [-0.1, -0.05) is 0 Å². The highest BCUT2D eigenvalue weighted by Crippen LogP contribution is 2.21. The normalized spacial score (nSPS) is 10.2. The first-order valence-electron chi connectivity index (χ1n) is 5.88. The van der Waals surface area contributed by atoms with Crippen molar-refractivity contribution in [3.8, 4) is 0 Å². The van der Waals surface area contributed by atoms with E-state index in [1.807, 2.05) is 0 Å². The van der Waals surface area contributed by atoms with E-state index in [-0.39, 0.29) is 5.97 Å². The molecule has 6 heteroatoms. The van der Waals surface area contributed by atoms with Gasteiger partial charge in [-0.05, 0) is 25.1 Å². The molecular weight excluding hydrogens is 262 g/mol. The molecule has 1 aromatic carbocycles. The summed E-state index contributed by atoms with van der Waals surface area (Å²) in [5.41, 5.74) is 9.47. The molecule has 2 aromatic rings. The standard InChI is InChI=1S/C13H15N3O2S/c1-2-18-13(17)9-3-4-12(11(14)5-9)16-7-10-6-15-8-19-10/h3-6,8,16H,2,7,14H2,1H3. The van der Waals surface area contributed by atoms with Crippen LogP contribution in [0.3, 0.4) is 0 Å². The van der Waals surface area contributed by atoms with Crippen molar-refractivity contribution in [1.29, 1.82) is 0 Å². The van der Waals surface area contributed by atoms with Gasteiger partial charge in [0.1, 0.15) is 0 Å². The van der Waals surface area contributed by atoms with Crippen LogP contribution in [0.4, 0.5) is 11.4 Å². The average molecular weight is 277 g/mol. The van der Waals surface area contributed by atoms with Gasteiger partial charge in [0.25, 0.3) is 0 Å². The number of nitrogens with two attached hydrogens (primary N) is 1. The Kier molecular flexibility index (Phi) is 4.35. The molecule has 0 saturated carbocycles. The van der Waals surface area contributed by atoms with Gasteiger partial charge in [-0.3, -0.25) is 4.98 Å². The first kappa shape index (κ1) is 13.4. The molecule has 1 heterocycles. The number of nitrogen functional groups attached to an aromatic ring is 1. The number of nitrogens with zero attached hydrogens (tertiary/aromatic N) is 1. The first-order chi connectivity index (χ1) is 9.20. The monoisotopic (exact) mass is 277 g/mol. The van der Waals surface area contributed by atoms with Crippen molar-refractivity contribution in [2.45, 2.75) is 13.5 Å². The lowest BCUT2D eigenvalue weighted by atomic mass is 10.1. The Morgan fingerprint density at radius 3 is 3.00 bits per heavy atom. The number of esters is 1. The smallest absolute Gasteiger partial charge is 0.338 e. The number of anilines is 2. The molecule has 0 unspecified atom stereocenters. The van der Waals surface area contributed by atoms with Crippen molar-refractivity contribution in [2.24, 2.45) is 0 Å². The highest BCUT2D eigenvalue weighted by Gasteiger charge is 2.08. The molecule has 19 heavy (non-hydrogen) atoms. The van der Waals surface area contributed by atoms with Crippen LogP contribution < -0.4 is 11.1 Å². The van der Waals surface area contributed by atoms with Gasteiger partial charge >= 0.3 is 5.97 Å². The molecule has 100 valence electrons. The van der Waals surface area contributed by atoms with Crippen LogP contribution in [0.1, 0.15) is 22.2 Å². The van der Waals surface area contributed by atoms with E-state index < -0.39 is 0 Å². The fourth-order valence-corrected chi connectivity index (χ4v) is 2.11. The van der Waals surface area contributed by atoms with Crippen molar-refractivity contribution in [2.75, 3.05) is 17.7 Å². The molecule has 0 amide bonds. The second kappa shape index (κ2) is 6.19. The minimum Gasteiger partial charge on any atom is -0.462 e. The fourth-order valence-electron chi connectivity index (χ4n) is 1.58. The fraction of sp³-hybridized carbons (Fsp3) is 0.231. The average Bonchev–Trinajstić information content (AvgIpc) is 2.90. The molecule has 3 N–H and O–H groups in total. The number of carbonyl (C=O) groups is 1. The highest BCUT2D eigenvalue weighted by atomic mass is 32.1. The Labute approximate surface area is 115 Å². The summed E-state index contributed by atoms with van der Waals surface area (Å²) in [7, 11) is 0. The Hall–Kier alpha value is -2.08. The molecule has 0 aliphatic carbocycles. The second-order valence-electron chi connectivity index (χ2n) is 3.84. The van der Waals surface area contributed by atoms with Gasteiger partial charge in [0, 0.05) is 11.1 Å². The summed E-state index contributed by atoms with van der Waals surface area (Å²) >= 11 is 1.57. The van der Waals surface area contributed by atoms with Crippen molar-refractivity contribution in [3.05, 3.63) is 40.3 Å². The minimum atomic E-state index is -0.358. The lowest BCUT2D eigenvalue weighted by Gasteiger charge is -2.09. The van der Waals surface area contributed by atoms with Gasteiger partial charge in [-0.25, -0.2) is 4.79 Å². The van der Waals surface area contributed by atoms with Gasteiger partial charge in [-0.15, -0.1) is 11.3 Å². The zero-order chi connectivity index (χ0) is 13.7. The summed E-state index contributed by atoms with van der Waals surface area (Å²) < 4.78 is 4.92. The van der Waals surface area contributed by atoms with Gasteiger partial charge in [-0.2, -0.15) is 0 Å². The van der Waals surface area contributed by atoms with Crippen LogP contribution in [0.5, 0.6) is 0 Å². The molecule has 0 aliphatic rings. The molecule has 0 saturated heterocycles. The Bertz CT molecular complexity index is 555. The van der Waals surface area contributed by atoms with Gasteiger partial charge < -0.3 is 15.8 Å². The van der Waals surface area contributed by atoms with Crippen LogP contribution in [-0.4, -0.2) is 17.6 Å². The maximum absolute atomic E-state index is 11.5. The number of aromatic nitrogens is 1. The second-order valence-corrected chi connectivity index (χ2v) is 4.81. The molecule has 0 radical (unpaired) electrons. The molecule has 0 fully saturated rings. The van der Waals surface area contributed by atoms with Crippen molar-refractivity contribution in [3.63, 3.8) is 0 Å².